The van der Waals surface area contributed by atoms with E-state index in [1.54, 1.807) is 12.1 Å². The van der Waals surface area contributed by atoms with Gasteiger partial charge in [0.2, 0.25) is 0 Å². The van der Waals surface area contributed by atoms with E-state index < -0.39 is 0 Å². The molecule has 0 unspecified atom stereocenters. The quantitative estimate of drug-likeness (QED) is 0.791. The minimum absolute atomic E-state index is 0.251. The number of methoxy groups -OCH3 is 1. The zero-order valence-corrected chi connectivity index (χ0v) is 11.7. The molecule has 0 bridgehead atoms. The van der Waals surface area contributed by atoms with Crippen LogP contribution in [0.1, 0.15) is 16.7 Å². The van der Waals surface area contributed by atoms with E-state index in [4.69, 9.17) is 10.00 Å². The molecule has 2 rings (SSSR count). The van der Waals surface area contributed by atoms with Gasteiger partial charge in [0.25, 0.3) is 0 Å². The van der Waals surface area contributed by atoms with Crippen LogP contribution in [-0.4, -0.2) is 13.1 Å². The summed E-state index contributed by atoms with van der Waals surface area (Å²) >= 11 is 0. The standard InChI is InChI=1S/C17H15NO3/c1-20-17(19)10-13-5-7-16(8-6-13)21-12-15-4-2-3-14(9-15)11-18/h2-9H,10,12H2,1H3. The van der Waals surface area contributed by atoms with E-state index in [1.165, 1.54) is 7.11 Å². The third-order valence-electron chi connectivity index (χ3n) is 2.96. The lowest BCUT2D eigenvalue weighted by Crippen LogP contribution is -2.04. The van der Waals surface area contributed by atoms with E-state index in [0.29, 0.717) is 17.9 Å². The van der Waals surface area contributed by atoms with Gasteiger partial charge in [-0.1, -0.05) is 24.3 Å². The Balaban J connectivity index is 1.94. The zero-order valence-electron chi connectivity index (χ0n) is 11.7. The first kappa shape index (κ1) is 14.6. The summed E-state index contributed by atoms with van der Waals surface area (Å²) in [5, 5.41) is 8.84. The summed E-state index contributed by atoms with van der Waals surface area (Å²) in [6.45, 7) is 0.395. The van der Waals surface area contributed by atoms with Crippen LogP contribution < -0.4 is 4.74 Å². The Bertz CT molecular complexity index is 656. The van der Waals surface area contributed by atoms with Gasteiger partial charge in [-0.3, -0.25) is 4.79 Å². The molecule has 0 fully saturated rings. The molecule has 0 aromatic heterocycles. The number of hydrogen-bond acceptors (Lipinski definition) is 4. The number of rotatable bonds is 5. The second kappa shape index (κ2) is 7.11. The van der Waals surface area contributed by atoms with E-state index >= 15 is 0 Å². The number of nitrogens with zero attached hydrogens (tertiary/aromatic N) is 1. The lowest BCUT2D eigenvalue weighted by atomic mass is 10.1. The molecule has 0 atom stereocenters. The normalized spacial score (nSPS) is 9.71. The average molecular weight is 281 g/mol. The molecule has 0 saturated heterocycles. The maximum absolute atomic E-state index is 11.2. The third kappa shape index (κ3) is 4.36. The zero-order chi connectivity index (χ0) is 15.1. The monoisotopic (exact) mass is 281 g/mol. The second-order valence-electron chi connectivity index (χ2n) is 4.50. The lowest BCUT2D eigenvalue weighted by Gasteiger charge is -2.07. The van der Waals surface area contributed by atoms with Crippen molar-refractivity contribution in [3.8, 4) is 11.8 Å². The van der Waals surface area contributed by atoms with Crippen molar-refractivity contribution >= 4 is 5.97 Å². The van der Waals surface area contributed by atoms with Gasteiger partial charge in [0.05, 0.1) is 25.2 Å². The van der Waals surface area contributed by atoms with Crippen molar-refractivity contribution in [2.45, 2.75) is 13.0 Å². The SMILES string of the molecule is COC(=O)Cc1ccc(OCc2cccc(C#N)c2)cc1. The molecule has 2 aromatic carbocycles. The number of benzene rings is 2. The number of carbonyl (C=O) groups is 1. The van der Waals surface area contributed by atoms with Crippen molar-refractivity contribution in [1.29, 1.82) is 5.26 Å². The first-order chi connectivity index (χ1) is 10.2. The fraction of sp³-hybridized carbons (Fsp3) is 0.176. The summed E-state index contributed by atoms with van der Waals surface area (Å²) in [7, 11) is 1.37. The molecule has 0 spiro atoms. The second-order valence-corrected chi connectivity index (χ2v) is 4.50. The van der Waals surface area contributed by atoms with E-state index in [2.05, 4.69) is 10.8 Å². The van der Waals surface area contributed by atoms with Crippen molar-refractivity contribution < 1.29 is 14.3 Å². The molecule has 0 heterocycles. The predicted molar refractivity (Wildman–Crippen MR) is 77.7 cm³/mol. The molecule has 0 aliphatic rings. The van der Waals surface area contributed by atoms with Crippen molar-refractivity contribution in [2.75, 3.05) is 7.11 Å². The van der Waals surface area contributed by atoms with Crippen LogP contribution in [0.2, 0.25) is 0 Å². The average Bonchev–Trinajstić information content (AvgIpc) is 2.54. The number of ether oxygens (including phenoxy) is 2. The molecule has 4 heteroatoms. The topological polar surface area (TPSA) is 59.3 Å². The number of carbonyl (C=O) groups excluding carboxylic acids is 1. The highest BCUT2D eigenvalue weighted by atomic mass is 16.5. The third-order valence-corrected chi connectivity index (χ3v) is 2.96. The van der Waals surface area contributed by atoms with E-state index in [-0.39, 0.29) is 12.4 Å². The van der Waals surface area contributed by atoms with Crippen LogP contribution in [0.15, 0.2) is 48.5 Å². The highest BCUT2D eigenvalue weighted by Crippen LogP contribution is 2.15. The predicted octanol–water partition coefficient (Wildman–Crippen LogP) is 2.85. The van der Waals surface area contributed by atoms with Gasteiger partial charge in [0.1, 0.15) is 12.4 Å². The molecular weight excluding hydrogens is 266 g/mol. The van der Waals surface area contributed by atoms with Gasteiger partial charge >= 0.3 is 5.97 Å². The van der Waals surface area contributed by atoms with Crippen molar-refractivity contribution in [1.82, 2.24) is 0 Å². The fourth-order valence-corrected chi connectivity index (χ4v) is 1.84. The maximum atomic E-state index is 11.2. The Hall–Kier alpha value is -2.80. The Morgan fingerprint density at radius 3 is 2.57 bits per heavy atom. The van der Waals surface area contributed by atoms with Gasteiger partial charge in [-0.15, -0.1) is 0 Å². The van der Waals surface area contributed by atoms with Crippen LogP contribution in [0, 0.1) is 11.3 Å². The molecule has 0 saturated carbocycles. The van der Waals surface area contributed by atoms with E-state index in [9.17, 15) is 4.79 Å². The van der Waals surface area contributed by atoms with Crippen molar-refractivity contribution in [3.63, 3.8) is 0 Å². The number of esters is 1. The minimum Gasteiger partial charge on any atom is -0.489 e. The minimum atomic E-state index is -0.267. The van der Waals surface area contributed by atoms with Crippen molar-refractivity contribution in [3.05, 3.63) is 65.2 Å². The first-order valence-corrected chi connectivity index (χ1v) is 6.49. The lowest BCUT2D eigenvalue weighted by molar-refractivity contribution is -0.139. The van der Waals surface area contributed by atoms with Gasteiger partial charge in [-0.2, -0.15) is 5.26 Å². The molecule has 0 aliphatic carbocycles. The number of nitriles is 1. The van der Waals surface area contributed by atoms with Crippen LogP contribution >= 0.6 is 0 Å². The summed E-state index contributed by atoms with van der Waals surface area (Å²) in [5.41, 5.74) is 2.43. The summed E-state index contributed by atoms with van der Waals surface area (Å²) in [6.07, 6.45) is 0.251. The maximum Gasteiger partial charge on any atom is 0.309 e. The Morgan fingerprint density at radius 1 is 1.14 bits per heavy atom. The molecule has 106 valence electrons. The molecule has 0 aliphatic heterocycles. The Kier molecular flexibility index (Phi) is 4.94. The summed E-state index contributed by atoms with van der Waals surface area (Å²) < 4.78 is 10.3. The van der Waals surface area contributed by atoms with Crippen LogP contribution in [0.5, 0.6) is 5.75 Å². The highest BCUT2D eigenvalue weighted by molar-refractivity contribution is 5.72. The van der Waals surface area contributed by atoms with Crippen LogP contribution in [0.25, 0.3) is 0 Å². The smallest absolute Gasteiger partial charge is 0.309 e. The van der Waals surface area contributed by atoms with Crippen LogP contribution in [0.4, 0.5) is 0 Å². The molecule has 0 amide bonds. The number of hydrogen-bond donors (Lipinski definition) is 0. The molecule has 0 radical (unpaired) electrons. The Morgan fingerprint density at radius 2 is 1.90 bits per heavy atom. The van der Waals surface area contributed by atoms with Gasteiger partial charge in [0.15, 0.2) is 0 Å². The molecule has 4 nitrogen and oxygen atoms in total. The van der Waals surface area contributed by atoms with Crippen LogP contribution in [0.3, 0.4) is 0 Å². The molecule has 2 aromatic rings. The first-order valence-electron chi connectivity index (χ1n) is 6.49. The van der Waals surface area contributed by atoms with Gasteiger partial charge in [-0.25, -0.2) is 0 Å². The van der Waals surface area contributed by atoms with Crippen molar-refractivity contribution in [2.24, 2.45) is 0 Å². The highest BCUT2D eigenvalue weighted by Gasteiger charge is 2.03. The Labute approximate surface area is 123 Å². The van der Waals surface area contributed by atoms with E-state index in [0.717, 1.165) is 11.1 Å². The summed E-state index contributed by atoms with van der Waals surface area (Å²) in [6, 6.07) is 16.7. The largest absolute Gasteiger partial charge is 0.489 e. The summed E-state index contributed by atoms with van der Waals surface area (Å²) in [5.74, 6) is 0.447. The van der Waals surface area contributed by atoms with E-state index in [1.807, 2.05) is 36.4 Å². The molecular formula is C17H15NO3. The van der Waals surface area contributed by atoms with Gasteiger partial charge in [0, 0.05) is 0 Å². The fourth-order valence-electron chi connectivity index (χ4n) is 1.84. The summed E-state index contributed by atoms with van der Waals surface area (Å²) in [4.78, 5) is 11.2. The molecule has 0 N–H and O–H groups in total. The van der Waals surface area contributed by atoms with Crippen LogP contribution in [-0.2, 0) is 22.6 Å². The van der Waals surface area contributed by atoms with Gasteiger partial charge < -0.3 is 9.47 Å². The van der Waals surface area contributed by atoms with Gasteiger partial charge in [-0.05, 0) is 35.4 Å². The molecule has 21 heavy (non-hydrogen) atoms.